The van der Waals surface area contributed by atoms with Crippen molar-refractivity contribution in [2.75, 3.05) is 17.7 Å². The van der Waals surface area contributed by atoms with Gasteiger partial charge in [-0.25, -0.2) is 4.98 Å². The minimum absolute atomic E-state index is 0.694. The molecule has 1 N–H and O–H groups in total. The van der Waals surface area contributed by atoms with Crippen LogP contribution in [0.2, 0.25) is 0 Å². The third-order valence-electron chi connectivity index (χ3n) is 3.36. The summed E-state index contributed by atoms with van der Waals surface area (Å²) in [5.74, 6) is 3.17. The van der Waals surface area contributed by atoms with E-state index in [1.807, 2.05) is 24.0 Å². The highest BCUT2D eigenvalue weighted by Gasteiger charge is 2.26. The summed E-state index contributed by atoms with van der Waals surface area (Å²) in [6, 6.07) is 0. The number of hydrogen-bond acceptors (Lipinski definition) is 2. The van der Waals surface area contributed by atoms with Crippen LogP contribution in [0.3, 0.4) is 0 Å². The number of halogens is 1. The zero-order chi connectivity index (χ0) is 10.7. The van der Waals surface area contributed by atoms with Gasteiger partial charge in [0.2, 0.25) is 5.95 Å². The smallest absolute Gasteiger partial charge is 0.202 e. The Morgan fingerprint density at radius 1 is 1.53 bits per heavy atom. The molecule has 0 radical (unpaired) electrons. The summed E-state index contributed by atoms with van der Waals surface area (Å²) in [5.41, 5.74) is 0. The first-order chi connectivity index (χ1) is 7.31. The van der Waals surface area contributed by atoms with E-state index in [9.17, 15) is 0 Å². The van der Waals surface area contributed by atoms with Crippen LogP contribution in [0.5, 0.6) is 0 Å². The first-order valence-corrected chi connectivity index (χ1v) is 6.12. The van der Waals surface area contributed by atoms with Crippen LogP contribution < -0.4 is 5.32 Å². The fourth-order valence-corrected chi connectivity index (χ4v) is 2.75. The van der Waals surface area contributed by atoms with Gasteiger partial charge < -0.3 is 9.88 Å². The zero-order valence-corrected chi connectivity index (χ0v) is 9.87. The molecule has 1 aliphatic rings. The summed E-state index contributed by atoms with van der Waals surface area (Å²) in [6.07, 6.45) is 7.68. The maximum atomic E-state index is 5.95. The second-order valence-corrected chi connectivity index (χ2v) is 4.66. The van der Waals surface area contributed by atoms with Crippen molar-refractivity contribution in [1.29, 1.82) is 0 Å². The van der Waals surface area contributed by atoms with E-state index < -0.39 is 0 Å². The molecule has 15 heavy (non-hydrogen) atoms. The lowest BCUT2D eigenvalue weighted by atomic mass is 9.98. The molecule has 0 spiro atoms. The highest BCUT2D eigenvalue weighted by molar-refractivity contribution is 6.18. The van der Waals surface area contributed by atoms with Crippen molar-refractivity contribution >= 4 is 17.5 Å². The molecule has 2 atom stereocenters. The summed E-state index contributed by atoms with van der Waals surface area (Å²) in [6.45, 7) is 1.00. The van der Waals surface area contributed by atoms with Crippen LogP contribution in [0.4, 0.5) is 5.95 Å². The topological polar surface area (TPSA) is 29.9 Å². The van der Waals surface area contributed by atoms with E-state index in [0.717, 1.165) is 24.3 Å². The van der Waals surface area contributed by atoms with Crippen molar-refractivity contribution in [2.24, 2.45) is 18.9 Å². The molecule has 1 saturated carbocycles. The van der Waals surface area contributed by atoms with Crippen LogP contribution in [0, 0.1) is 11.8 Å². The number of aromatic nitrogens is 2. The summed E-state index contributed by atoms with van der Waals surface area (Å²) in [7, 11) is 2.00. The van der Waals surface area contributed by atoms with Crippen LogP contribution in [-0.4, -0.2) is 22.0 Å². The van der Waals surface area contributed by atoms with Crippen molar-refractivity contribution in [3.63, 3.8) is 0 Å². The monoisotopic (exact) mass is 227 g/mol. The summed E-state index contributed by atoms with van der Waals surface area (Å²) >= 11 is 5.95. The van der Waals surface area contributed by atoms with E-state index in [1.165, 1.54) is 19.3 Å². The minimum atomic E-state index is 0.694. The molecular weight excluding hydrogens is 210 g/mol. The highest BCUT2D eigenvalue weighted by Crippen LogP contribution is 2.32. The number of alkyl halides is 1. The summed E-state index contributed by atoms with van der Waals surface area (Å²) in [4.78, 5) is 4.25. The Kier molecular flexibility index (Phi) is 3.52. The number of nitrogens with zero attached hydrogens (tertiary/aromatic N) is 2. The molecule has 2 rings (SSSR count). The maximum absolute atomic E-state index is 5.95. The Labute approximate surface area is 95.8 Å². The van der Waals surface area contributed by atoms with Crippen molar-refractivity contribution in [1.82, 2.24) is 9.55 Å². The van der Waals surface area contributed by atoms with Crippen LogP contribution in [0.25, 0.3) is 0 Å². The van der Waals surface area contributed by atoms with Gasteiger partial charge in [-0.05, 0) is 24.7 Å². The van der Waals surface area contributed by atoms with Gasteiger partial charge >= 0.3 is 0 Å². The van der Waals surface area contributed by atoms with Gasteiger partial charge in [-0.2, -0.15) is 0 Å². The van der Waals surface area contributed by atoms with Crippen molar-refractivity contribution in [2.45, 2.75) is 19.3 Å². The van der Waals surface area contributed by atoms with Crippen molar-refractivity contribution in [3.8, 4) is 0 Å². The Bertz CT molecular complexity index is 311. The maximum Gasteiger partial charge on any atom is 0.202 e. The molecule has 1 aromatic heterocycles. The molecule has 0 aliphatic heterocycles. The fraction of sp³-hybridized carbons (Fsp3) is 0.727. The van der Waals surface area contributed by atoms with E-state index in [-0.39, 0.29) is 0 Å². The van der Waals surface area contributed by atoms with E-state index in [2.05, 4.69) is 10.3 Å². The fourth-order valence-electron chi connectivity index (χ4n) is 2.34. The third kappa shape index (κ3) is 2.46. The van der Waals surface area contributed by atoms with E-state index >= 15 is 0 Å². The molecule has 1 aromatic rings. The molecule has 3 nitrogen and oxygen atoms in total. The minimum Gasteiger partial charge on any atom is -0.355 e. The Balaban J connectivity index is 1.85. The quantitative estimate of drug-likeness (QED) is 0.801. The van der Waals surface area contributed by atoms with E-state index in [1.54, 1.807) is 0 Å². The lowest BCUT2D eigenvalue weighted by molar-refractivity contribution is 0.443. The van der Waals surface area contributed by atoms with Crippen LogP contribution >= 0.6 is 11.6 Å². The van der Waals surface area contributed by atoms with Crippen LogP contribution in [0.15, 0.2) is 12.4 Å². The average molecular weight is 228 g/mol. The van der Waals surface area contributed by atoms with E-state index in [0.29, 0.717) is 5.92 Å². The molecule has 0 bridgehead atoms. The van der Waals surface area contributed by atoms with Gasteiger partial charge in [-0.15, -0.1) is 11.6 Å². The van der Waals surface area contributed by atoms with Crippen molar-refractivity contribution < 1.29 is 0 Å². The normalized spacial score (nSPS) is 25.7. The Morgan fingerprint density at radius 2 is 2.33 bits per heavy atom. The number of aryl methyl sites for hydroxylation is 1. The number of nitrogens with one attached hydrogen (secondary N) is 1. The number of anilines is 1. The molecule has 2 unspecified atom stereocenters. The number of imidazole rings is 1. The molecule has 84 valence electrons. The molecule has 0 amide bonds. The van der Waals surface area contributed by atoms with Crippen molar-refractivity contribution in [3.05, 3.63) is 12.4 Å². The predicted molar refractivity (Wildman–Crippen MR) is 63.2 cm³/mol. The Hall–Kier alpha value is -0.700. The molecule has 1 heterocycles. The Morgan fingerprint density at radius 3 is 3.00 bits per heavy atom. The second kappa shape index (κ2) is 4.88. The first kappa shape index (κ1) is 10.8. The van der Waals surface area contributed by atoms with E-state index in [4.69, 9.17) is 11.6 Å². The zero-order valence-electron chi connectivity index (χ0n) is 9.12. The lowest BCUT2D eigenvalue weighted by Crippen LogP contribution is -2.20. The summed E-state index contributed by atoms with van der Waals surface area (Å²) in [5, 5.41) is 3.39. The average Bonchev–Trinajstić information content (AvgIpc) is 2.83. The van der Waals surface area contributed by atoms with Gasteiger partial charge in [0.1, 0.15) is 0 Å². The number of rotatable bonds is 4. The number of hydrogen-bond donors (Lipinski definition) is 1. The van der Waals surface area contributed by atoms with Gasteiger partial charge in [0.05, 0.1) is 0 Å². The van der Waals surface area contributed by atoms with Gasteiger partial charge in [0.15, 0.2) is 0 Å². The van der Waals surface area contributed by atoms with Crippen LogP contribution in [-0.2, 0) is 7.05 Å². The van der Waals surface area contributed by atoms with Gasteiger partial charge in [0, 0.05) is 31.9 Å². The standard InChI is InChI=1S/C11H18ClN3/c1-15-6-5-13-11(15)14-8-10-4-2-3-9(10)7-12/h5-6,9-10H,2-4,7-8H2,1H3,(H,13,14). The SMILES string of the molecule is Cn1ccnc1NCC1CCCC1CCl. The third-order valence-corrected chi connectivity index (χ3v) is 3.75. The first-order valence-electron chi connectivity index (χ1n) is 5.58. The summed E-state index contributed by atoms with van der Waals surface area (Å²) < 4.78 is 2.00. The molecule has 0 saturated heterocycles. The van der Waals surface area contributed by atoms with Gasteiger partial charge in [-0.3, -0.25) is 0 Å². The molecular formula is C11H18ClN3. The van der Waals surface area contributed by atoms with Gasteiger partial charge in [-0.1, -0.05) is 6.42 Å². The molecule has 1 aliphatic carbocycles. The molecule has 1 fully saturated rings. The largest absolute Gasteiger partial charge is 0.355 e. The second-order valence-electron chi connectivity index (χ2n) is 4.35. The lowest BCUT2D eigenvalue weighted by Gasteiger charge is -2.17. The van der Waals surface area contributed by atoms with Gasteiger partial charge in [0.25, 0.3) is 0 Å². The highest BCUT2D eigenvalue weighted by atomic mass is 35.5. The van der Waals surface area contributed by atoms with Crippen LogP contribution in [0.1, 0.15) is 19.3 Å². The molecule has 0 aromatic carbocycles. The molecule has 4 heteroatoms. The predicted octanol–water partition coefficient (Wildman–Crippen LogP) is 2.49.